The monoisotopic (exact) mass is 425 g/mol. The molecule has 6 nitrogen and oxygen atoms in total. The number of likely N-dealkylation sites (N-methyl/N-ethyl adjacent to an activating group) is 1. The van der Waals surface area contributed by atoms with Gasteiger partial charge in [0.05, 0.1) is 0 Å². The van der Waals surface area contributed by atoms with Crippen molar-refractivity contribution in [3.8, 4) is 0 Å². The Kier molecular flexibility index (Phi) is 7.41. The first-order chi connectivity index (χ1) is 14.4. The minimum Gasteiger partial charge on any atom is -0.369 e. The molecule has 0 aromatic heterocycles. The van der Waals surface area contributed by atoms with Gasteiger partial charge in [-0.2, -0.15) is 0 Å². The number of hydrogen-bond acceptors (Lipinski definition) is 5. The predicted octanol–water partition coefficient (Wildman–Crippen LogP) is 3.51. The molecule has 0 atom stereocenters. The Balaban J connectivity index is 1.69. The number of carbonyl (C=O) groups excluding carboxylic acids is 2. The molecule has 1 heterocycles. The van der Waals surface area contributed by atoms with E-state index in [9.17, 15) is 9.59 Å². The minimum atomic E-state index is -0.595. The van der Waals surface area contributed by atoms with Crippen molar-refractivity contribution in [3.63, 3.8) is 0 Å². The van der Waals surface area contributed by atoms with Gasteiger partial charge in [-0.05, 0) is 48.5 Å². The zero-order valence-electron chi connectivity index (χ0n) is 16.7. The van der Waals surface area contributed by atoms with Crippen LogP contribution in [0.3, 0.4) is 0 Å². The van der Waals surface area contributed by atoms with Crippen molar-refractivity contribution in [2.45, 2.75) is 0 Å². The fourth-order valence-electron chi connectivity index (χ4n) is 3.16. The average Bonchev–Trinajstić information content (AvgIpc) is 2.76. The van der Waals surface area contributed by atoms with Gasteiger partial charge in [0, 0.05) is 48.5 Å². The van der Waals surface area contributed by atoms with Gasteiger partial charge in [-0.15, -0.1) is 0 Å². The highest BCUT2D eigenvalue weighted by Gasteiger charge is 2.16. The molecular formula is C23H24ClN3O3. The first-order valence-corrected chi connectivity index (χ1v) is 10.0. The third-order valence-electron chi connectivity index (χ3n) is 4.94. The van der Waals surface area contributed by atoms with Crippen molar-refractivity contribution in [1.82, 2.24) is 10.4 Å². The number of carbonyl (C=O) groups is 2. The number of ketones is 1. The van der Waals surface area contributed by atoms with E-state index >= 15 is 0 Å². The molecule has 1 saturated heterocycles. The highest BCUT2D eigenvalue weighted by Crippen LogP contribution is 2.24. The predicted molar refractivity (Wildman–Crippen MR) is 120 cm³/mol. The maximum atomic E-state index is 12.7. The summed E-state index contributed by atoms with van der Waals surface area (Å²) >= 11 is 6.28. The lowest BCUT2D eigenvalue weighted by Crippen LogP contribution is -2.44. The highest BCUT2D eigenvalue weighted by molar-refractivity contribution is 6.31. The molecular weight excluding hydrogens is 402 g/mol. The molecule has 0 unspecified atom stereocenters. The third kappa shape index (κ3) is 6.03. The van der Waals surface area contributed by atoms with Crippen molar-refractivity contribution in [1.29, 1.82) is 0 Å². The van der Waals surface area contributed by atoms with E-state index in [0.717, 1.165) is 43.0 Å². The Bertz CT molecular complexity index is 962. The molecule has 156 valence electrons. The van der Waals surface area contributed by atoms with Crippen molar-refractivity contribution >= 4 is 41.1 Å². The van der Waals surface area contributed by atoms with Gasteiger partial charge in [-0.25, -0.2) is 5.48 Å². The smallest absolute Gasteiger partial charge is 0.267 e. The van der Waals surface area contributed by atoms with Crippen LogP contribution in [0.1, 0.15) is 21.5 Å². The molecule has 1 fully saturated rings. The quantitative estimate of drug-likeness (QED) is 0.321. The Morgan fingerprint density at radius 1 is 0.967 bits per heavy atom. The van der Waals surface area contributed by atoms with Crippen LogP contribution in [-0.4, -0.2) is 55.0 Å². The Labute approximate surface area is 181 Å². The van der Waals surface area contributed by atoms with Crippen LogP contribution in [0.2, 0.25) is 5.02 Å². The number of nitrogens with zero attached hydrogens (tertiary/aromatic N) is 2. The normalized spacial score (nSPS) is 15.1. The van der Waals surface area contributed by atoms with Gasteiger partial charge in [-0.3, -0.25) is 14.8 Å². The molecule has 2 aromatic rings. The standard InChI is InChI=1S/C23H24ClN3O3/c1-26-10-12-27(13-11-26)21-15-19(14-20(24)16-21)22(28)8-6-17-2-4-18(5-3-17)7-9-23(29)25-30/h2-9,14-16,30H,10-13H2,1H3,(H,25,29)/b8-6+,9-7+. The van der Waals surface area contributed by atoms with E-state index in [1.54, 1.807) is 18.2 Å². The van der Waals surface area contributed by atoms with Gasteiger partial charge in [0.2, 0.25) is 0 Å². The largest absolute Gasteiger partial charge is 0.369 e. The summed E-state index contributed by atoms with van der Waals surface area (Å²) in [6.07, 6.45) is 6.08. The van der Waals surface area contributed by atoms with Crippen LogP contribution >= 0.6 is 11.6 Å². The lowest BCUT2D eigenvalue weighted by atomic mass is 10.1. The van der Waals surface area contributed by atoms with Gasteiger partial charge < -0.3 is 9.80 Å². The van der Waals surface area contributed by atoms with E-state index in [-0.39, 0.29) is 5.78 Å². The highest BCUT2D eigenvalue weighted by atomic mass is 35.5. The molecule has 1 aliphatic heterocycles. The number of hydroxylamine groups is 1. The number of allylic oxidation sites excluding steroid dienone is 1. The summed E-state index contributed by atoms with van der Waals surface area (Å²) < 4.78 is 0. The number of nitrogens with one attached hydrogen (secondary N) is 1. The Hall–Kier alpha value is -2.93. The first-order valence-electron chi connectivity index (χ1n) is 9.63. The fraction of sp³-hybridized carbons (Fsp3) is 0.217. The lowest BCUT2D eigenvalue weighted by molar-refractivity contribution is -0.124. The molecule has 0 bridgehead atoms. The van der Waals surface area contributed by atoms with E-state index in [1.165, 1.54) is 17.6 Å². The van der Waals surface area contributed by atoms with E-state index in [0.29, 0.717) is 10.6 Å². The van der Waals surface area contributed by atoms with Crippen molar-refractivity contribution < 1.29 is 14.8 Å². The third-order valence-corrected chi connectivity index (χ3v) is 5.15. The molecule has 2 N–H and O–H groups in total. The molecule has 0 radical (unpaired) electrons. The van der Waals surface area contributed by atoms with Crippen molar-refractivity contribution in [2.24, 2.45) is 0 Å². The molecule has 2 aromatic carbocycles. The summed E-state index contributed by atoms with van der Waals surface area (Å²) in [5.41, 5.74) is 4.72. The zero-order valence-corrected chi connectivity index (χ0v) is 17.5. The van der Waals surface area contributed by atoms with Gasteiger partial charge in [0.25, 0.3) is 5.91 Å². The van der Waals surface area contributed by atoms with Crippen LogP contribution in [0.25, 0.3) is 12.2 Å². The molecule has 0 saturated carbocycles. The summed E-state index contributed by atoms with van der Waals surface area (Å²) in [4.78, 5) is 28.2. The minimum absolute atomic E-state index is 0.114. The molecule has 3 rings (SSSR count). The molecule has 0 spiro atoms. The second-order valence-electron chi connectivity index (χ2n) is 7.16. The van der Waals surface area contributed by atoms with Crippen LogP contribution in [0, 0.1) is 0 Å². The molecule has 30 heavy (non-hydrogen) atoms. The van der Waals surface area contributed by atoms with Crippen LogP contribution in [0.4, 0.5) is 5.69 Å². The summed E-state index contributed by atoms with van der Waals surface area (Å²) in [7, 11) is 2.10. The van der Waals surface area contributed by atoms with Crippen LogP contribution in [0.5, 0.6) is 0 Å². The molecule has 7 heteroatoms. The maximum absolute atomic E-state index is 12.7. The van der Waals surface area contributed by atoms with Gasteiger partial charge in [0.1, 0.15) is 0 Å². The second-order valence-corrected chi connectivity index (χ2v) is 7.60. The second kappa shape index (κ2) is 10.2. The van der Waals surface area contributed by atoms with E-state index in [4.69, 9.17) is 16.8 Å². The topological polar surface area (TPSA) is 72.9 Å². The lowest BCUT2D eigenvalue weighted by Gasteiger charge is -2.34. The van der Waals surface area contributed by atoms with Crippen LogP contribution < -0.4 is 10.4 Å². The Morgan fingerprint density at radius 3 is 2.17 bits per heavy atom. The number of halogens is 1. The van der Waals surface area contributed by atoms with Crippen molar-refractivity contribution in [2.75, 3.05) is 38.1 Å². The molecule has 0 aliphatic carbocycles. The van der Waals surface area contributed by atoms with Crippen LogP contribution in [0.15, 0.2) is 54.6 Å². The first kappa shape index (κ1) is 21.8. The molecule has 1 amide bonds. The van der Waals surface area contributed by atoms with Crippen LogP contribution in [-0.2, 0) is 4.79 Å². The van der Waals surface area contributed by atoms with Gasteiger partial charge >= 0.3 is 0 Å². The average molecular weight is 426 g/mol. The fourth-order valence-corrected chi connectivity index (χ4v) is 3.39. The maximum Gasteiger partial charge on any atom is 0.267 e. The summed E-state index contributed by atoms with van der Waals surface area (Å²) in [6.45, 7) is 3.76. The number of hydrogen-bond donors (Lipinski definition) is 2. The summed E-state index contributed by atoms with van der Waals surface area (Å²) in [5.74, 6) is -0.710. The summed E-state index contributed by atoms with van der Waals surface area (Å²) in [5, 5.41) is 9.03. The number of amides is 1. The van der Waals surface area contributed by atoms with Gasteiger partial charge in [0.15, 0.2) is 5.78 Å². The van der Waals surface area contributed by atoms with E-state index < -0.39 is 5.91 Å². The SMILES string of the molecule is CN1CCN(c2cc(Cl)cc(C(=O)/C=C/c3ccc(/C=C/C(=O)NO)cc3)c2)CC1. The Morgan fingerprint density at radius 2 is 1.57 bits per heavy atom. The number of anilines is 1. The van der Waals surface area contributed by atoms with Crippen molar-refractivity contribution in [3.05, 3.63) is 76.3 Å². The zero-order chi connectivity index (χ0) is 21.5. The van der Waals surface area contributed by atoms with E-state index in [1.807, 2.05) is 36.4 Å². The number of benzene rings is 2. The number of piperazine rings is 1. The molecule has 1 aliphatic rings. The number of rotatable bonds is 6. The van der Waals surface area contributed by atoms with E-state index in [2.05, 4.69) is 16.8 Å². The van der Waals surface area contributed by atoms with Gasteiger partial charge in [-0.1, -0.05) is 41.9 Å². The summed E-state index contributed by atoms with van der Waals surface area (Å²) in [6, 6.07) is 12.8.